The number of carboxylic acids is 1. The van der Waals surface area contributed by atoms with Crippen LogP contribution in [-0.2, 0) is 11.2 Å². The van der Waals surface area contributed by atoms with Crippen molar-refractivity contribution in [3.8, 4) is 5.75 Å². The molecule has 0 heterocycles. The number of rotatable bonds is 7. The van der Waals surface area contributed by atoms with Crippen molar-refractivity contribution in [3.63, 3.8) is 0 Å². The Morgan fingerprint density at radius 2 is 1.88 bits per heavy atom. The highest BCUT2D eigenvalue weighted by Gasteiger charge is 2.10. The Morgan fingerprint density at radius 3 is 2.50 bits per heavy atom. The summed E-state index contributed by atoms with van der Waals surface area (Å²) >= 11 is 0. The van der Waals surface area contributed by atoms with Gasteiger partial charge >= 0.3 is 5.97 Å². The van der Waals surface area contributed by atoms with E-state index in [4.69, 9.17) is 9.84 Å². The predicted octanol–water partition coefficient (Wildman–Crippen LogP) is 2.82. The topological polar surface area (TPSA) is 75.6 Å². The van der Waals surface area contributed by atoms with Crippen molar-refractivity contribution in [3.05, 3.63) is 65.2 Å². The highest BCUT2D eigenvalue weighted by Crippen LogP contribution is 2.12. The molecule has 0 fully saturated rings. The number of ether oxygens (including phenoxy) is 1. The molecular weight excluding hydrogens is 306 g/mol. The van der Waals surface area contributed by atoms with E-state index in [2.05, 4.69) is 5.32 Å². The van der Waals surface area contributed by atoms with Crippen LogP contribution in [0.3, 0.4) is 0 Å². The van der Waals surface area contributed by atoms with Gasteiger partial charge in [0.05, 0.1) is 18.0 Å². The molecule has 0 aliphatic heterocycles. The molecule has 1 unspecified atom stereocenters. The standard InChI is InChI=1S/C19H21NO4/c1-13-4-3-5-17(10-13)24-12-14(2)20-18(21)11-15-6-8-16(9-7-15)19(22)23/h3-10,14H,11-12H2,1-2H3,(H,20,21)(H,22,23). The molecule has 5 heteroatoms. The smallest absolute Gasteiger partial charge is 0.335 e. The van der Waals surface area contributed by atoms with Crippen molar-refractivity contribution >= 4 is 11.9 Å². The van der Waals surface area contributed by atoms with Gasteiger partial charge in [-0.3, -0.25) is 4.79 Å². The summed E-state index contributed by atoms with van der Waals surface area (Å²) in [5.41, 5.74) is 2.09. The first-order valence-electron chi connectivity index (χ1n) is 7.75. The zero-order valence-corrected chi connectivity index (χ0v) is 13.8. The van der Waals surface area contributed by atoms with Gasteiger partial charge in [-0.05, 0) is 49.2 Å². The molecule has 2 aromatic rings. The first-order chi connectivity index (χ1) is 11.4. The van der Waals surface area contributed by atoms with Crippen LogP contribution in [0.1, 0.15) is 28.4 Å². The maximum absolute atomic E-state index is 12.0. The third kappa shape index (κ3) is 5.43. The number of hydrogen-bond donors (Lipinski definition) is 2. The van der Waals surface area contributed by atoms with Crippen LogP contribution in [0.15, 0.2) is 48.5 Å². The maximum Gasteiger partial charge on any atom is 0.335 e. The van der Waals surface area contributed by atoms with E-state index in [0.717, 1.165) is 16.9 Å². The predicted molar refractivity (Wildman–Crippen MR) is 91.4 cm³/mol. The minimum atomic E-state index is -0.979. The second kappa shape index (κ2) is 8.15. The van der Waals surface area contributed by atoms with E-state index in [1.165, 1.54) is 12.1 Å². The molecule has 0 bridgehead atoms. The van der Waals surface area contributed by atoms with Crippen molar-refractivity contribution in [2.45, 2.75) is 26.3 Å². The van der Waals surface area contributed by atoms with Crippen LogP contribution < -0.4 is 10.1 Å². The molecule has 0 aliphatic carbocycles. The summed E-state index contributed by atoms with van der Waals surface area (Å²) < 4.78 is 5.66. The molecule has 2 N–H and O–H groups in total. The lowest BCUT2D eigenvalue weighted by atomic mass is 10.1. The van der Waals surface area contributed by atoms with E-state index in [9.17, 15) is 9.59 Å². The van der Waals surface area contributed by atoms with Gasteiger partial charge in [0.25, 0.3) is 0 Å². The number of aryl methyl sites for hydroxylation is 1. The monoisotopic (exact) mass is 327 g/mol. The van der Waals surface area contributed by atoms with Gasteiger partial charge in [0, 0.05) is 0 Å². The number of benzene rings is 2. The summed E-state index contributed by atoms with van der Waals surface area (Å²) in [5.74, 6) is -0.327. The Morgan fingerprint density at radius 1 is 1.17 bits per heavy atom. The van der Waals surface area contributed by atoms with Crippen LogP contribution in [0.4, 0.5) is 0 Å². The van der Waals surface area contributed by atoms with Crippen LogP contribution >= 0.6 is 0 Å². The molecule has 126 valence electrons. The molecule has 2 rings (SSSR count). The summed E-state index contributed by atoms with van der Waals surface area (Å²) in [5, 5.41) is 11.7. The molecular formula is C19H21NO4. The summed E-state index contributed by atoms with van der Waals surface area (Å²) in [6, 6.07) is 13.9. The van der Waals surface area contributed by atoms with E-state index < -0.39 is 5.97 Å². The van der Waals surface area contributed by atoms with Crippen molar-refractivity contribution in [2.24, 2.45) is 0 Å². The Kier molecular flexibility index (Phi) is 5.95. The fourth-order valence-corrected chi connectivity index (χ4v) is 2.24. The highest BCUT2D eigenvalue weighted by molar-refractivity contribution is 5.87. The van der Waals surface area contributed by atoms with Crippen LogP contribution in [0.5, 0.6) is 5.75 Å². The van der Waals surface area contributed by atoms with Crippen LogP contribution in [0.25, 0.3) is 0 Å². The molecule has 2 aromatic carbocycles. The number of hydrogen-bond acceptors (Lipinski definition) is 3. The second-order valence-corrected chi connectivity index (χ2v) is 5.77. The average Bonchev–Trinajstić information content (AvgIpc) is 2.53. The molecule has 1 atom stereocenters. The van der Waals surface area contributed by atoms with Crippen LogP contribution in [-0.4, -0.2) is 29.6 Å². The number of aromatic carboxylic acids is 1. The Bertz CT molecular complexity index is 710. The minimum Gasteiger partial charge on any atom is -0.491 e. The van der Waals surface area contributed by atoms with Crippen molar-refractivity contribution in [1.29, 1.82) is 0 Å². The van der Waals surface area contributed by atoms with Crippen molar-refractivity contribution in [1.82, 2.24) is 5.32 Å². The van der Waals surface area contributed by atoms with E-state index in [1.54, 1.807) is 12.1 Å². The summed E-state index contributed by atoms with van der Waals surface area (Å²) in [6.07, 6.45) is 0.203. The summed E-state index contributed by atoms with van der Waals surface area (Å²) in [7, 11) is 0. The lowest BCUT2D eigenvalue weighted by Crippen LogP contribution is -2.37. The van der Waals surface area contributed by atoms with E-state index in [0.29, 0.717) is 6.61 Å². The fourth-order valence-electron chi connectivity index (χ4n) is 2.24. The number of carbonyl (C=O) groups is 2. The number of amides is 1. The molecule has 0 spiro atoms. The van der Waals surface area contributed by atoms with Gasteiger partial charge in [0.2, 0.25) is 5.91 Å². The number of carboxylic acid groups (broad SMARTS) is 1. The first kappa shape index (κ1) is 17.5. The van der Waals surface area contributed by atoms with Gasteiger partial charge in [0.15, 0.2) is 0 Å². The third-order valence-corrected chi connectivity index (χ3v) is 3.46. The molecule has 0 aliphatic rings. The van der Waals surface area contributed by atoms with Crippen LogP contribution in [0, 0.1) is 6.92 Å². The summed E-state index contributed by atoms with van der Waals surface area (Å²) in [4.78, 5) is 22.8. The molecule has 24 heavy (non-hydrogen) atoms. The lowest BCUT2D eigenvalue weighted by Gasteiger charge is -2.15. The van der Waals surface area contributed by atoms with Gasteiger partial charge in [-0.2, -0.15) is 0 Å². The maximum atomic E-state index is 12.0. The van der Waals surface area contributed by atoms with Crippen molar-refractivity contribution in [2.75, 3.05) is 6.61 Å². The first-order valence-corrected chi connectivity index (χ1v) is 7.75. The quantitative estimate of drug-likeness (QED) is 0.820. The molecule has 0 saturated heterocycles. The van der Waals surface area contributed by atoms with Gasteiger partial charge in [0.1, 0.15) is 12.4 Å². The number of carbonyl (C=O) groups excluding carboxylic acids is 1. The van der Waals surface area contributed by atoms with Gasteiger partial charge in [-0.25, -0.2) is 4.79 Å². The van der Waals surface area contributed by atoms with Gasteiger partial charge in [-0.15, -0.1) is 0 Å². The SMILES string of the molecule is Cc1cccc(OCC(C)NC(=O)Cc2ccc(C(=O)O)cc2)c1. The molecule has 0 radical (unpaired) electrons. The fraction of sp³-hybridized carbons (Fsp3) is 0.263. The molecule has 0 saturated carbocycles. The lowest BCUT2D eigenvalue weighted by molar-refractivity contribution is -0.121. The zero-order valence-electron chi connectivity index (χ0n) is 13.8. The normalized spacial score (nSPS) is 11.6. The molecule has 0 aromatic heterocycles. The highest BCUT2D eigenvalue weighted by atomic mass is 16.5. The minimum absolute atomic E-state index is 0.126. The second-order valence-electron chi connectivity index (χ2n) is 5.77. The Labute approximate surface area is 141 Å². The average molecular weight is 327 g/mol. The van der Waals surface area contributed by atoms with E-state index in [1.807, 2.05) is 38.1 Å². The zero-order chi connectivity index (χ0) is 17.5. The van der Waals surface area contributed by atoms with E-state index in [-0.39, 0.29) is 23.9 Å². The van der Waals surface area contributed by atoms with Gasteiger partial charge in [-0.1, -0.05) is 24.3 Å². The molecule has 5 nitrogen and oxygen atoms in total. The Hall–Kier alpha value is -2.82. The Balaban J connectivity index is 1.79. The summed E-state index contributed by atoms with van der Waals surface area (Å²) in [6.45, 7) is 4.25. The third-order valence-electron chi connectivity index (χ3n) is 3.46. The van der Waals surface area contributed by atoms with Crippen molar-refractivity contribution < 1.29 is 19.4 Å². The number of nitrogens with one attached hydrogen (secondary N) is 1. The van der Waals surface area contributed by atoms with E-state index >= 15 is 0 Å². The molecule has 1 amide bonds. The largest absolute Gasteiger partial charge is 0.491 e. The van der Waals surface area contributed by atoms with Gasteiger partial charge < -0.3 is 15.2 Å². The van der Waals surface area contributed by atoms with Crippen LogP contribution in [0.2, 0.25) is 0 Å².